The van der Waals surface area contributed by atoms with E-state index in [1.54, 1.807) is 0 Å². The van der Waals surface area contributed by atoms with Crippen LogP contribution in [0.1, 0.15) is 59.8 Å². The number of morpholine rings is 1. The van der Waals surface area contributed by atoms with Crippen LogP contribution in [0.5, 0.6) is 0 Å². The van der Waals surface area contributed by atoms with Crippen molar-refractivity contribution >= 4 is 16.0 Å². The zero-order valence-electron chi connectivity index (χ0n) is 15.8. The minimum Gasteiger partial charge on any atom is -0.452 e. The minimum absolute atomic E-state index is 0.0265. The molecule has 1 aliphatic heterocycles. The SMILES string of the molecule is O=C(OCc1nnc(C2CC2)n1C1CC1)c1ccc(S(=O)(=O)N2CCOCC2)o1. The lowest BCUT2D eigenvalue weighted by Gasteiger charge is -2.24. The first kappa shape index (κ1) is 18.8. The highest BCUT2D eigenvalue weighted by Crippen LogP contribution is 2.44. The van der Waals surface area contributed by atoms with Crippen LogP contribution < -0.4 is 0 Å². The fourth-order valence-corrected chi connectivity index (χ4v) is 4.79. The molecular weight excluding hydrogens is 400 g/mol. The molecule has 2 aliphatic carbocycles. The van der Waals surface area contributed by atoms with E-state index in [-0.39, 0.29) is 30.5 Å². The molecule has 1 saturated heterocycles. The normalized spacial score (nSPS) is 20.7. The second-order valence-corrected chi connectivity index (χ2v) is 9.43. The van der Waals surface area contributed by atoms with Crippen LogP contribution in [0, 0.1) is 0 Å². The van der Waals surface area contributed by atoms with Crippen molar-refractivity contribution in [3.8, 4) is 0 Å². The van der Waals surface area contributed by atoms with Gasteiger partial charge in [0.2, 0.25) is 10.9 Å². The van der Waals surface area contributed by atoms with E-state index in [4.69, 9.17) is 13.9 Å². The van der Waals surface area contributed by atoms with Gasteiger partial charge in [0.05, 0.1) is 13.2 Å². The van der Waals surface area contributed by atoms with Crippen molar-refractivity contribution in [2.75, 3.05) is 26.3 Å². The van der Waals surface area contributed by atoms with Gasteiger partial charge in [-0.3, -0.25) is 0 Å². The van der Waals surface area contributed by atoms with Gasteiger partial charge < -0.3 is 18.5 Å². The number of aromatic nitrogens is 3. The first-order valence-electron chi connectivity index (χ1n) is 9.82. The summed E-state index contributed by atoms with van der Waals surface area (Å²) in [4.78, 5) is 12.4. The summed E-state index contributed by atoms with van der Waals surface area (Å²) in [5, 5.41) is 8.21. The lowest BCUT2D eigenvalue weighted by atomic mass is 10.4. The fourth-order valence-electron chi connectivity index (χ4n) is 3.47. The van der Waals surface area contributed by atoms with Crippen molar-refractivity contribution in [1.82, 2.24) is 19.1 Å². The summed E-state index contributed by atoms with van der Waals surface area (Å²) in [5.74, 6) is 1.18. The Labute approximate surface area is 167 Å². The van der Waals surface area contributed by atoms with E-state index < -0.39 is 16.0 Å². The Balaban J connectivity index is 1.26. The summed E-state index contributed by atoms with van der Waals surface area (Å²) in [6.07, 6.45) is 4.41. The average molecular weight is 422 g/mol. The van der Waals surface area contributed by atoms with Gasteiger partial charge in [-0.1, -0.05) is 0 Å². The van der Waals surface area contributed by atoms with Gasteiger partial charge in [-0.15, -0.1) is 10.2 Å². The van der Waals surface area contributed by atoms with Crippen molar-refractivity contribution in [2.45, 2.75) is 49.3 Å². The maximum atomic E-state index is 12.6. The van der Waals surface area contributed by atoms with Crippen molar-refractivity contribution in [2.24, 2.45) is 0 Å². The molecule has 0 aromatic carbocycles. The highest BCUT2D eigenvalue weighted by Gasteiger charge is 2.36. The molecule has 5 rings (SSSR count). The molecule has 0 spiro atoms. The summed E-state index contributed by atoms with van der Waals surface area (Å²) < 4.78 is 44.4. The molecule has 3 aliphatic rings. The minimum atomic E-state index is -3.80. The van der Waals surface area contributed by atoms with E-state index in [9.17, 15) is 13.2 Å². The molecule has 0 radical (unpaired) electrons. The van der Waals surface area contributed by atoms with Gasteiger partial charge in [-0.05, 0) is 37.8 Å². The number of furan rings is 1. The quantitative estimate of drug-likeness (QED) is 0.616. The summed E-state index contributed by atoms with van der Waals surface area (Å²) in [6.45, 7) is 1.14. The van der Waals surface area contributed by atoms with Crippen LogP contribution in [0.3, 0.4) is 0 Å². The Morgan fingerprint density at radius 1 is 1.14 bits per heavy atom. The van der Waals surface area contributed by atoms with Crippen LogP contribution in [0.4, 0.5) is 0 Å². The van der Waals surface area contributed by atoms with Gasteiger partial charge in [0.1, 0.15) is 5.82 Å². The Morgan fingerprint density at radius 2 is 1.90 bits per heavy atom. The Hall–Kier alpha value is -2.24. The number of carbonyl (C=O) groups excluding carboxylic acids is 1. The topological polar surface area (TPSA) is 117 Å². The molecule has 2 aromatic heterocycles. The molecule has 0 bridgehead atoms. The molecule has 2 saturated carbocycles. The van der Waals surface area contributed by atoms with Crippen molar-refractivity contribution in [3.05, 3.63) is 29.5 Å². The summed E-state index contributed by atoms with van der Waals surface area (Å²) >= 11 is 0. The first-order chi connectivity index (χ1) is 14.0. The smallest absolute Gasteiger partial charge is 0.374 e. The van der Waals surface area contributed by atoms with E-state index in [0.29, 0.717) is 31.0 Å². The number of sulfonamides is 1. The molecule has 10 nitrogen and oxygen atoms in total. The average Bonchev–Trinajstić information content (AvgIpc) is 3.67. The third-order valence-corrected chi connectivity index (χ3v) is 7.10. The van der Waals surface area contributed by atoms with Gasteiger partial charge >= 0.3 is 5.97 Å². The summed E-state index contributed by atoms with van der Waals surface area (Å²) in [5.41, 5.74) is 0. The summed E-state index contributed by atoms with van der Waals surface area (Å²) in [7, 11) is -3.80. The van der Waals surface area contributed by atoms with E-state index in [1.165, 1.54) is 16.4 Å². The molecule has 0 N–H and O–H groups in total. The summed E-state index contributed by atoms with van der Waals surface area (Å²) in [6, 6.07) is 2.99. The lowest BCUT2D eigenvalue weighted by Crippen LogP contribution is -2.40. The number of esters is 1. The Morgan fingerprint density at radius 3 is 2.59 bits per heavy atom. The third-order valence-electron chi connectivity index (χ3n) is 5.33. The Kier molecular flexibility index (Phi) is 4.67. The Bertz CT molecular complexity index is 1020. The monoisotopic (exact) mass is 422 g/mol. The van der Waals surface area contributed by atoms with Crippen LogP contribution in [0.15, 0.2) is 21.6 Å². The van der Waals surface area contributed by atoms with E-state index in [2.05, 4.69) is 14.8 Å². The maximum Gasteiger partial charge on any atom is 0.374 e. The largest absolute Gasteiger partial charge is 0.452 e. The van der Waals surface area contributed by atoms with Crippen molar-refractivity contribution < 1.29 is 27.1 Å². The van der Waals surface area contributed by atoms with Gasteiger partial charge in [-0.25, -0.2) is 13.2 Å². The third kappa shape index (κ3) is 3.69. The molecule has 3 fully saturated rings. The van der Waals surface area contributed by atoms with Crippen LogP contribution in [-0.4, -0.2) is 59.8 Å². The molecule has 11 heteroatoms. The number of carbonyl (C=O) groups is 1. The highest BCUT2D eigenvalue weighted by molar-refractivity contribution is 7.89. The molecule has 156 valence electrons. The second kappa shape index (κ2) is 7.22. The lowest BCUT2D eigenvalue weighted by molar-refractivity contribution is 0.0413. The van der Waals surface area contributed by atoms with Crippen LogP contribution in [-0.2, 0) is 26.1 Å². The number of rotatable bonds is 7. The van der Waals surface area contributed by atoms with Crippen LogP contribution >= 0.6 is 0 Å². The number of hydrogen-bond donors (Lipinski definition) is 0. The number of hydrogen-bond acceptors (Lipinski definition) is 8. The molecular formula is C18H22N4O6S. The zero-order valence-corrected chi connectivity index (χ0v) is 16.6. The fraction of sp³-hybridized carbons (Fsp3) is 0.611. The molecule has 0 amide bonds. The molecule has 2 aromatic rings. The number of nitrogens with zero attached hydrogens (tertiary/aromatic N) is 4. The molecule has 0 atom stereocenters. The second-order valence-electron chi connectivity index (χ2n) is 7.56. The van der Waals surface area contributed by atoms with Crippen LogP contribution in [0.2, 0.25) is 0 Å². The standard InChI is InChI=1S/C18H22N4O6S/c23-18(14-5-6-16(28-14)29(24,25)21-7-9-26-10-8-21)27-11-15-19-20-17(12-1-2-12)22(15)13-3-4-13/h5-6,12-13H,1-4,7-11H2. The first-order valence-corrected chi connectivity index (χ1v) is 11.3. The zero-order chi connectivity index (χ0) is 20.0. The van der Waals surface area contributed by atoms with Gasteiger partial charge in [0.15, 0.2) is 12.4 Å². The molecule has 3 heterocycles. The predicted octanol–water partition coefficient (Wildman–Crippen LogP) is 1.46. The molecule has 29 heavy (non-hydrogen) atoms. The van der Waals surface area contributed by atoms with E-state index >= 15 is 0 Å². The van der Waals surface area contributed by atoms with E-state index in [1.807, 2.05) is 0 Å². The van der Waals surface area contributed by atoms with Crippen molar-refractivity contribution in [1.29, 1.82) is 0 Å². The highest BCUT2D eigenvalue weighted by atomic mass is 32.2. The maximum absolute atomic E-state index is 12.6. The predicted molar refractivity (Wildman–Crippen MR) is 97.7 cm³/mol. The van der Waals surface area contributed by atoms with Gasteiger partial charge in [0.25, 0.3) is 10.0 Å². The molecule has 0 unspecified atom stereocenters. The van der Waals surface area contributed by atoms with Gasteiger partial charge in [0, 0.05) is 25.0 Å². The van der Waals surface area contributed by atoms with Crippen molar-refractivity contribution in [3.63, 3.8) is 0 Å². The number of ether oxygens (including phenoxy) is 2. The van der Waals surface area contributed by atoms with Gasteiger partial charge in [-0.2, -0.15) is 4.31 Å². The van der Waals surface area contributed by atoms with E-state index in [0.717, 1.165) is 31.5 Å². The van der Waals surface area contributed by atoms with Crippen LogP contribution in [0.25, 0.3) is 0 Å².